The van der Waals surface area contributed by atoms with Crippen molar-refractivity contribution < 1.29 is 4.79 Å². The van der Waals surface area contributed by atoms with Crippen LogP contribution in [0.4, 0.5) is 10.9 Å². The Hall–Kier alpha value is -1.61. The van der Waals surface area contributed by atoms with Crippen LogP contribution in [0, 0.1) is 5.92 Å². The second kappa shape index (κ2) is 8.48. The Bertz CT molecular complexity index is 666. The minimum Gasteiger partial charge on any atom is -0.360 e. The third kappa shape index (κ3) is 5.20. The van der Waals surface area contributed by atoms with Crippen LogP contribution in [-0.4, -0.2) is 37.7 Å². The van der Waals surface area contributed by atoms with Crippen molar-refractivity contribution in [3.63, 3.8) is 0 Å². The van der Waals surface area contributed by atoms with Crippen molar-refractivity contribution in [3.05, 3.63) is 12.3 Å². The normalized spacial score (nSPS) is 12.6. The Morgan fingerprint density at radius 1 is 1.29 bits per heavy atom. The number of anilines is 2. The highest BCUT2D eigenvalue weighted by Gasteiger charge is 2.19. The van der Waals surface area contributed by atoms with Crippen molar-refractivity contribution in [1.29, 1.82) is 0 Å². The number of thioether (sulfide) groups is 1. The highest BCUT2D eigenvalue weighted by molar-refractivity contribution is 8.02. The van der Waals surface area contributed by atoms with E-state index in [1.807, 2.05) is 20.8 Å². The first-order valence-corrected chi connectivity index (χ1v) is 9.64. The molecular weight excluding hydrogens is 344 g/mol. The molecule has 0 saturated carbocycles. The summed E-state index contributed by atoms with van der Waals surface area (Å²) in [6, 6.07) is 1.99. The predicted molar refractivity (Wildman–Crippen MR) is 99.8 cm³/mol. The Morgan fingerprint density at radius 2 is 2.04 bits per heavy atom. The Morgan fingerprint density at radius 3 is 2.71 bits per heavy atom. The predicted octanol–water partition coefficient (Wildman–Crippen LogP) is 3.50. The van der Waals surface area contributed by atoms with E-state index in [-0.39, 0.29) is 17.2 Å². The van der Waals surface area contributed by atoms with Crippen molar-refractivity contribution in [2.45, 2.75) is 50.3 Å². The van der Waals surface area contributed by atoms with Crippen molar-refractivity contribution in [1.82, 2.24) is 20.0 Å². The molecule has 7 nitrogen and oxygen atoms in total. The van der Waals surface area contributed by atoms with Crippen LogP contribution in [0.15, 0.2) is 16.6 Å². The monoisotopic (exact) mass is 368 g/mol. The number of aromatic nitrogens is 4. The average Bonchev–Trinajstić information content (AvgIpc) is 3.14. The van der Waals surface area contributed by atoms with E-state index >= 15 is 0 Å². The summed E-state index contributed by atoms with van der Waals surface area (Å²) in [5.74, 6) is 1.17. The lowest BCUT2D eigenvalue weighted by atomic mass is 10.2. The summed E-state index contributed by atoms with van der Waals surface area (Å²) < 4.78 is 2.56. The fourth-order valence-corrected chi connectivity index (χ4v) is 3.78. The fourth-order valence-electron chi connectivity index (χ4n) is 1.88. The van der Waals surface area contributed by atoms with E-state index in [0.717, 1.165) is 16.0 Å². The summed E-state index contributed by atoms with van der Waals surface area (Å²) in [5.41, 5.74) is 0. The van der Waals surface area contributed by atoms with Crippen molar-refractivity contribution >= 4 is 40.0 Å². The van der Waals surface area contributed by atoms with Crippen LogP contribution in [0.25, 0.3) is 0 Å². The summed E-state index contributed by atoms with van der Waals surface area (Å²) in [4.78, 5) is 12.4. The molecule has 0 saturated heterocycles. The van der Waals surface area contributed by atoms with Gasteiger partial charge in [0.1, 0.15) is 5.82 Å². The zero-order valence-electron chi connectivity index (χ0n) is 14.6. The van der Waals surface area contributed by atoms with E-state index in [2.05, 4.69) is 39.8 Å². The number of carbonyl (C=O) groups excluding carboxylic acids is 1. The number of nitrogens with one attached hydrogen (secondary N) is 2. The molecule has 0 fully saturated rings. The van der Waals surface area contributed by atoms with Gasteiger partial charge in [-0.3, -0.25) is 4.79 Å². The van der Waals surface area contributed by atoms with E-state index in [1.165, 1.54) is 23.1 Å². The first kappa shape index (κ1) is 18.7. The molecule has 1 unspecified atom stereocenters. The molecule has 9 heteroatoms. The van der Waals surface area contributed by atoms with Crippen LogP contribution in [0.3, 0.4) is 0 Å². The SMILES string of the molecule is CC(C)CNc1nnc(SC(C)C(=O)Nc2ccnn2C(C)C)s1. The van der Waals surface area contributed by atoms with Crippen molar-refractivity contribution in [2.24, 2.45) is 5.92 Å². The van der Waals surface area contributed by atoms with E-state index < -0.39 is 0 Å². The van der Waals surface area contributed by atoms with Gasteiger partial charge in [0.15, 0.2) is 4.34 Å². The van der Waals surface area contributed by atoms with E-state index in [0.29, 0.717) is 11.7 Å². The zero-order chi connectivity index (χ0) is 17.7. The number of hydrogen-bond donors (Lipinski definition) is 2. The lowest BCUT2D eigenvalue weighted by molar-refractivity contribution is -0.115. The quantitative estimate of drug-likeness (QED) is 0.694. The van der Waals surface area contributed by atoms with Crippen LogP contribution in [0.2, 0.25) is 0 Å². The number of hydrogen-bond acceptors (Lipinski definition) is 7. The highest BCUT2D eigenvalue weighted by Crippen LogP contribution is 2.29. The molecule has 1 atom stereocenters. The van der Waals surface area contributed by atoms with Crippen LogP contribution >= 0.6 is 23.1 Å². The standard InChI is InChI=1S/C15H24N6OS2/c1-9(2)8-16-14-19-20-15(24-14)23-11(5)13(22)18-12-6-7-17-21(12)10(3)4/h6-7,9-11H,8H2,1-5H3,(H,16,19)(H,18,22). The summed E-state index contributed by atoms with van der Waals surface area (Å²) in [6.07, 6.45) is 1.69. The highest BCUT2D eigenvalue weighted by atomic mass is 32.2. The summed E-state index contributed by atoms with van der Waals surface area (Å²) in [7, 11) is 0. The van der Waals surface area contributed by atoms with Gasteiger partial charge in [-0.05, 0) is 26.7 Å². The van der Waals surface area contributed by atoms with Crippen molar-refractivity contribution in [3.8, 4) is 0 Å². The molecule has 0 spiro atoms. The van der Waals surface area contributed by atoms with Gasteiger partial charge in [-0.1, -0.05) is 36.9 Å². The Balaban J connectivity index is 1.90. The molecule has 2 heterocycles. The van der Waals surface area contributed by atoms with Gasteiger partial charge in [0.05, 0.1) is 11.4 Å². The lowest BCUT2D eigenvalue weighted by Gasteiger charge is -2.14. The first-order chi connectivity index (χ1) is 11.4. The third-order valence-corrected chi connectivity index (χ3v) is 5.19. The Labute approximate surface area is 150 Å². The number of carbonyl (C=O) groups is 1. The minimum atomic E-state index is -0.272. The van der Waals surface area contributed by atoms with Gasteiger partial charge in [-0.25, -0.2) is 4.68 Å². The molecule has 2 rings (SSSR count). The summed E-state index contributed by atoms with van der Waals surface area (Å²) >= 11 is 2.87. The molecule has 132 valence electrons. The summed E-state index contributed by atoms with van der Waals surface area (Å²) in [5, 5.41) is 19.1. The maximum Gasteiger partial charge on any atom is 0.238 e. The van der Waals surface area contributed by atoms with E-state index in [4.69, 9.17) is 0 Å². The largest absolute Gasteiger partial charge is 0.360 e. The molecular formula is C15H24N6OS2. The number of nitrogens with zero attached hydrogens (tertiary/aromatic N) is 4. The molecule has 0 aliphatic heterocycles. The molecule has 0 radical (unpaired) electrons. The second-order valence-electron chi connectivity index (χ2n) is 6.15. The fraction of sp³-hybridized carbons (Fsp3) is 0.600. The zero-order valence-corrected chi connectivity index (χ0v) is 16.2. The van der Waals surface area contributed by atoms with Crippen LogP contribution in [-0.2, 0) is 4.79 Å². The molecule has 1 amide bonds. The average molecular weight is 369 g/mol. The molecule has 0 aliphatic rings. The molecule has 2 aromatic heterocycles. The van der Waals surface area contributed by atoms with Gasteiger partial charge in [0, 0.05) is 18.7 Å². The van der Waals surface area contributed by atoms with Gasteiger partial charge < -0.3 is 10.6 Å². The first-order valence-electron chi connectivity index (χ1n) is 7.95. The Kier molecular flexibility index (Phi) is 6.61. The second-order valence-corrected chi connectivity index (χ2v) is 8.72. The maximum atomic E-state index is 12.4. The van der Waals surface area contributed by atoms with Gasteiger partial charge in [0.25, 0.3) is 0 Å². The molecule has 0 aromatic carbocycles. The van der Waals surface area contributed by atoms with Crippen LogP contribution in [0.1, 0.15) is 40.7 Å². The topological polar surface area (TPSA) is 84.7 Å². The lowest BCUT2D eigenvalue weighted by Crippen LogP contribution is -2.24. The maximum absolute atomic E-state index is 12.4. The summed E-state index contributed by atoms with van der Waals surface area (Å²) in [6.45, 7) is 11.0. The van der Waals surface area contributed by atoms with Gasteiger partial charge in [-0.15, -0.1) is 10.2 Å². The molecule has 2 aromatic rings. The van der Waals surface area contributed by atoms with E-state index in [9.17, 15) is 4.79 Å². The smallest absolute Gasteiger partial charge is 0.238 e. The van der Waals surface area contributed by atoms with Gasteiger partial charge in [-0.2, -0.15) is 5.10 Å². The van der Waals surface area contributed by atoms with Gasteiger partial charge >= 0.3 is 0 Å². The molecule has 0 aliphatic carbocycles. The van der Waals surface area contributed by atoms with Crippen LogP contribution in [0.5, 0.6) is 0 Å². The number of rotatable bonds is 8. The molecule has 0 bridgehead atoms. The number of amides is 1. The van der Waals surface area contributed by atoms with Gasteiger partial charge in [0.2, 0.25) is 11.0 Å². The minimum absolute atomic E-state index is 0.0747. The molecule has 24 heavy (non-hydrogen) atoms. The van der Waals surface area contributed by atoms with E-state index in [1.54, 1.807) is 16.9 Å². The van der Waals surface area contributed by atoms with Crippen molar-refractivity contribution in [2.75, 3.05) is 17.2 Å². The molecule has 2 N–H and O–H groups in total. The third-order valence-electron chi connectivity index (χ3n) is 3.13. The van der Waals surface area contributed by atoms with Crippen LogP contribution < -0.4 is 10.6 Å².